The predicted molar refractivity (Wildman–Crippen MR) is 287 cm³/mol. The van der Waals surface area contributed by atoms with Crippen molar-refractivity contribution >= 4 is 55.8 Å². The van der Waals surface area contributed by atoms with Gasteiger partial charge in [-0.25, -0.2) is 0 Å². The van der Waals surface area contributed by atoms with Crippen LogP contribution in [0, 0.1) is 18.1 Å². The van der Waals surface area contributed by atoms with Gasteiger partial charge in [0.15, 0.2) is 0 Å². The molecule has 0 atom stereocenters. The molecule has 6 heteroatoms. The van der Waals surface area contributed by atoms with Crippen molar-refractivity contribution in [3.63, 3.8) is 0 Å². The second-order valence-corrected chi connectivity index (χ2v) is 25.7. The van der Waals surface area contributed by atoms with Crippen molar-refractivity contribution in [2.24, 2.45) is 5.92 Å². The van der Waals surface area contributed by atoms with E-state index in [1.165, 1.54) is 70.0 Å². The molecule has 339 valence electrons. The maximum Gasteiger partial charge on any atom is 0.0798 e. The molecule has 0 saturated carbocycles. The van der Waals surface area contributed by atoms with Gasteiger partial charge >= 0.3 is 0 Å². The van der Waals surface area contributed by atoms with E-state index in [0.717, 1.165) is 40.1 Å². The van der Waals surface area contributed by atoms with E-state index in [-0.39, 0.29) is 20.1 Å². The van der Waals surface area contributed by atoms with Gasteiger partial charge in [-0.2, -0.15) is 11.3 Å². The van der Waals surface area contributed by atoms with Gasteiger partial charge < -0.3 is 9.55 Å². The Balaban J connectivity index is 0.000000196. The first-order chi connectivity index (χ1) is 31.8. The summed E-state index contributed by atoms with van der Waals surface area (Å²) in [4.78, 5) is 10.1. The number of benzene rings is 7. The van der Waals surface area contributed by atoms with Crippen LogP contribution < -0.4 is 5.19 Å². The van der Waals surface area contributed by atoms with Crippen LogP contribution in [0.4, 0.5) is 0 Å². The minimum atomic E-state index is -1.40. The number of pyridine rings is 1. The Morgan fingerprint density at radius 3 is 1.88 bits per heavy atom. The van der Waals surface area contributed by atoms with Crippen LogP contribution in [0.2, 0.25) is 19.6 Å². The topological polar surface area (TPSA) is 30.7 Å². The molecule has 0 aliphatic carbocycles. The summed E-state index contributed by atoms with van der Waals surface area (Å²) >= 11 is 1.82. The second kappa shape index (κ2) is 20.2. The number of para-hydroxylation sites is 2. The fourth-order valence-electron chi connectivity index (χ4n) is 9.20. The summed E-state index contributed by atoms with van der Waals surface area (Å²) in [6.45, 7) is 21.0. The number of hydrogen-bond donors (Lipinski definition) is 0. The minimum absolute atomic E-state index is 0. The van der Waals surface area contributed by atoms with Crippen LogP contribution in [0.15, 0.2) is 164 Å². The van der Waals surface area contributed by atoms with Crippen LogP contribution in [0.25, 0.3) is 81.8 Å². The average Bonchev–Trinajstić information content (AvgIpc) is 3.90. The van der Waals surface area contributed by atoms with Crippen LogP contribution in [-0.4, -0.2) is 22.6 Å². The molecular weight excluding hydrogens is 1030 g/mol. The van der Waals surface area contributed by atoms with E-state index >= 15 is 0 Å². The molecule has 0 fully saturated rings. The zero-order valence-electron chi connectivity index (χ0n) is 40.1. The van der Waals surface area contributed by atoms with Gasteiger partial charge in [0.05, 0.1) is 24.9 Å². The Bertz CT molecular complexity index is 3280. The number of hydrogen-bond acceptors (Lipinski definition) is 3. The summed E-state index contributed by atoms with van der Waals surface area (Å²) in [5.74, 6) is 2.24. The van der Waals surface area contributed by atoms with E-state index in [1.807, 2.05) is 23.5 Å². The summed E-state index contributed by atoms with van der Waals surface area (Å²) in [6.07, 6.45) is 3.23. The Hall–Kier alpha value is -5.75. The van der Waals surface area contributed by atoms with Crippen molar-refractivity contribution in [2.75, 3.05) is 0 Å². The van der Waals surface area contributed by atoms with E-state index in [0.29, 0.717) is 17.8 Å². The third-order valence-corrected chi connectivity index (χ3v) is 15.7. The molecule has 10 rings (SSSR count). The van der Waals surface area contributed by atoms with E-state index in [9.17, 15) is 0 Å². The van der Waals surface area contributed by atoms with Gasteiger partial charge in [-0.05, 0) is 103 Å². The van der Waals surface area contributed by atoms with Crippen molar-refractivity contribution in [2.45, 2.75) is 79.4 Å². The predicted octanol–water partition coefficient (Wildman–Crippen LogP) is 16.7. The first-order valence-electron chi connectivity index (χ1n) is 23.5. The molecule has 0 bridgehead atoms. The number of imidazole rings is 1. The monoisotopic (exact) mass is 1090 g/mol. The van der Waals surface area contributed by atoms with Gasteiger partial charge in [0.1, 0.15) is 0 Å². The van der Waals surface area contributed by atoms with E-state index < -0.39 is 8.07 Å². The molecule has 3 nitrogen and oxygen atoms in total. The second-order valence-electron chi connectivity index (χ2n) is 19.6. The van der Waals surface area contributed by atoms with Crippen LogP contribution >= 0.6 is 11.3 Å². The molecule has 0 aliphatic heterocycles. The van der Waals surface area contributed by atoms with Crippen molar-refractivity contribution in [1.82, 2.24) is 14.5 Å². The summed E-state index contributed by atoms with van der Waals surface area (Å²) in [5, 5.41) is 4.04. The molecule has 1 radical (unpaired) electrons. The molecule has 0 spiro atoms. The molecular formula is C61H59IrN3SSi-2. The van der Waals surface area contributed by atoms with Crippen LogP contribution in [0.1, 0.15) is 70.1 Å². The molecule has 67 heavy (non-hydrogen) atoms. The maximum absolute atomic E-state index is 5.25. The number of fused-ring (bicyclic) bond motifs is 4. The third kappa shape index (κ3) is 10.1. The van der Waals surface area contributed by atoms with Crippen molar-refractivity contribution in [3.05, 3.63) is 193 Å². The van der Waals surface area contributed by atoms with E-state index in [1.54, 1.807) is 0 Å². The summed E-state index contributed by atoms with van der Waals surface area (Å²) in [5.41, 5.74) is 15.5. The summed E-state index contributed by atoms with van der Waals surface area (Å²) in [6, 6.07) is 63.2. The summed E-state index contributed by atoms with van der Waals surface area (Å²) < 4.78 is 4.96. The maximum atomic E-state index is 5.25. The quantitative estimate of drug-likeness (QED) is 0.101. The van der Waals surface area contributed by atoms with E-state index in [2.05, 4.69) is 230 Å². The standard InChI is InChI=1S/C37H31N2S.C24H28NSi.Ir/c1-23(2)29-21-27(25-12-6-5-7-13-25)22-30(24(3)4)36(29)39-33-16-10-9-15-32(33)38-37(39)26-18-19-35-31(20-26)28-14-8-11-17-34(28)40-35;1-18(2)14-22-16-23(25-17-24(22)26(3,4)5)21-13-9-12-20(15-21)19-10-7-6-8-11-19;/h5-17,19-24H,1-4H3;6-12,15-18H,14H2,1-5H3;/q2*-1;. The number of nitrogens with zero attached hydrogens (tertiary/aromatic N) is 3. The van der Waals surface area contributed by atoms with Crippen molar-refractivity contribution in [3.8, 4) is 50.6 Å². The molecule has 0 unspecified atom stereocenters. The molecule has 3 aromatic heterocycles. The number of rotatable bonds is 10. The fourth-order valence-corrected chi connectivity index (χ4v) is 11.9. The Labute approximate surface area is 416 Å². The SMILES string of the molecule is CC(C)Cc1cc(-c2[c-]ccc(-c3ccccc3)c2)ncc1[Si](C)(C)C.CC(C)c1cc(-c2ccccc2)cc(C(C)C)c1-n1c(-c2[c-]cc3sc4ccccc4c3c2)nc2ccccc21.[Ir]. The van der Waals surface area contributed by atoms with Crippen LogP contribution in [0.5, 0.6) is 0 Å². The fraction of sp³-hybridized carbons (Fsp3) is 0.213. The zero-order chi connectivity index (χ0) is 46.1. The van der Waals surface area contributed by atoms with Gasteiger partial charge in [-0.15, -0.1) is 59.2 Å². The Kier molecular flexibility index (Phi) is 14.4. The van der Waals surface area contributed by atoms with Crippen LogP contribution in [-0.2, 0) is 26.5 Å². The average molecular weight is 1090 g/mol. The number of aromatic nitrogens is 3. The van der Waals surface area contributed by atoms with E-state index in [4.69, 9.17) is 9.97 Å². The third-order valence-electron chi connectivity index (χ3n) is 12.5. The molecule has 3 heterocycles. The molecule has 0 saturated heterocycles. The summed E-state index contributed by atoms with van der Waals surface area (Å²) in [7, 11) is -1.40. The number of thiophene rings is 1. The molecule has 10 aromatic rings. The Morgan fingerprint density at radius 2 is 1.22 bits per heavy atom. The van der Waals surface area contributed by atoms with Crippen molar-refractivity contribution in [1.29, 1.82) is 0 Å². The molecule has 0 aliphatic rings. The normalized spacial score (nSPS) is 11.7. The van der Waals surface area contributed by atoms with Gasteiger partial charge in [0, 0.05) is 36.7 Å². The zero-order valence-corrected chi connectivity index (χ0v) is 44.3. The van der Waals surface area contributed by atoms with Gasteiger partial charge in [0.25, 0.3) is 0 Å². The van der Waals surface area contributed by atoms with Crippen LogP contribution in [0.3, 0.4) is 0 Å². The van der Waals surface area contributed by atoms with Gasteiger partial charge in [-0.1, -0.05) is 169 Å². The van der Waals surface area contributed by atoms with Gasteiger partial charge in [-0.3, -0.25) is 4.98 Å². The van der Waals surface area contributed by atoms with Crippen molar-refractivity contribution < 1.29 is 20.1 Å². The molecule has 0 amide bonds. The molecule has 7 aromatic carbocycles. The minimum Gasteiger partial charge on any atom is -0.333 e. The smallest absolute Gasteiger partial charge is 0.0798 e. The van der Waals surface area contributed by atoms with Gasteiger partial charge in [0.2, 0.25) is 0 Å². The molecule has 0 N–H and O–H groups in total. The first kappa shape index (κ1) is 47.7. The Morgan fingerprint density at radius 1 is 0.597 bits per heavy atom. The first-order valence-corrected chi connectivity index (χ1v) is 27.8. The largest absolute Gasteiger partial charge is 0.333 e.